The highest BCUT2D eigenvalue weighted by atomic mass is 32.2. The van der Waals surface area contributed by atoms with E-state index in [1.807, 2.05) is 6.92 Å². The summed E-state index contributed by atoms with van der Waals surface area (Å²) in [6.07, 6.45) is 2.27. The zero-order chi connectivity index (χ0) is 13.9. The number of hydrogen-bond acceptors (Lipinski definition) is 5. The quantitative estimate of drug-likeness (QED) is 0.862. The van der Waals surface area contributed by atoms with Crippen molar-refractivity contribution in [1.82, 2.24) is 9.29 Å². The monoisotopic (exact) mass is 285 g/mol. The molecule has 6 nitrogen and oxygen atoms in total. The molecular weight excluding hydrogens is 266 g/mol. The minimum absolute atomic E-state index is 0.108. The van der Waals surface area contributed by atoms with E-state index in [0.29, 0.717) is 25.5 Å². The van der Waals surface area contributed by atoms with Gasteiger partial charge in [0, 0.05) is 25.3 Å². The summed E-state index contributed by atoms with van der Waals surface area (Å²) >= 11 is 0. The summed E-state index contributed by atoms with van der Waals surface area (Å²) in [4.78, 5) is 4.25. The predicted octanol–water partition coefficient (Wildman–Crippen LogP) is 0.340. The molecular formula is C12H19N3O3S. The minimum Gasteiger partial charge on any atom is -0.378 e. The van der Waals surface area contributed by atoms with E-state index in [1.165, 1.54) is 4.31 Å². The first-order valence-corrected chi connectivity index (χ1v) is 7.78. The van der Waals surface area contributed by atoms with Gasteiger partial charge in [-0.15, -0.1) is 0 Å². The Morgan fingerprint density at radius 3 is 3.05 bits per heavy atom. The predicted molar refractivity (Wildman–Crippen MR) is 70.9 cm³/mol. The van der Waals surface area contributed by atoms with Crippen molar-refractivity contribution in [2.45, 2.75) is 30.8 Å². The lowest BCUT2D eigenvalue weighted by molar-refractivity contribution is 0.0314. The van der Waals surface area contributed by atoms with E-state index in [4.69, 9.17) is 10.5 Å². The second-order valence-electron chi connectivity index (χ2n) is 4.41. The van der Waals surface area contributed by atoms with E-state index in [2.05, 4.69) is 4.98 Å². The van der Waals surface area contributed by atoms with Gasteiger partial charge in [0.1, 0.15) is 4.90 Å². The Labute approximate surface area is 113 Å². The summed E-state index contributed by atoms with van der Waals surface area (Å²) in [5, 5.41) is 0. The van der Waals surface area contributed by atoms with Crippen LogP contribution in [0, 0.1) is 0 Å². The summed E-state index contributed by atoms with van der Waals surface area (Å²) < 4.78 is 32.3. The molecule has 19 heavy (non-hydrogen) atoms. The van der Waals surface area contributed by atoms with Gasteiger partial charge < -0.3 is 10.5 Å². The van der Waals surface area contributed by atoms with E-state index >= 15 is 0 Å². The van der Waals surface area contributed by atoms with Crippen LogP contribution in [0.5, 0.6) is 0 Å². The molecule has 1 fully saturated rings. The molecule has 2 rings (SSSR count). The third kappa shape index (κ3) is 2.79. The number of rotatable bonds is 4. The van der Waals surface area contributed by atoms with Crippen LogP contribution in [-0.4, -0.2) is 43.5 Å². The third-order valence-electron chi connectivity index (χ3n) is 3.27. The van der Waals surface area contributed by atoms with Crippen LogP contribution in [0.15, 0.2) is 23.2 Å². The van der Waals surface area contributed by atoms with E-state index in [1.54, 1.807) is 18.3 Å². The van der Waals surface area contributed by atoms with Gasteiger partial charge in [-0.2, -0.15) is 4.31 Å². The molecule has 1 unspecified atom stereocenters. The van der Waals surface area contributed by atoms with Gasteiger partial charge in [0.25, 0.3) is 0 Å². The summed E-state index contributed by atoms with van der Waals surface area (Å²) in [6, 6.07) is 3.06. The fourth-order valence-corrected chi connectivity index (χ4v) is 4.07. The number of hydrogen-bond donors (Lipinski definition) is 1. The Morgan fingerprint density at radius 1 is 1.58 bits per heavy atom. The average molecular weight is 285 g/mol. The Kier molecular flexibility index (Phi) is 4.51. The van der Waals surface area contributed by atoms with E-state index in [0.717, 1.165) is 6.42 Å². The van der Waals surface area contributed by atoms with Gasteiger partial charge in [-0.3, -0.25) is 4.98 Å². The highest BCUT2D eigenvalue weighted by Gasteiger charge is 2.34. The fraction of sp³-hybridized carbons (Fsp3) is 0.583. The lowest BCUT2D eigenvalue weighted by atomic mass is 10.2. The number of aromatic nitrogens is 1. The Morgan fingerprint density at radius 2 is 2.37 bits per heavy atom. The lowest BCUT2D eigenvalue weighted by Gasteiger charge is -2.34. The Bertz CT molecular complexity index is 533. The molecule has 2 heterocycles. The standard InChI is InChI=1S/C12H19N3O3S/c1-2-10-9-18-7-6-15(10)19(16,17)12-4-3-5-14-11(12)8-13/h3-5,10H,2,6-9,13H2,1H3. The minimum atomic E-state index is -3.56. The topological polar surface area (TPSA) is 85.5 Å². The summed E-state index contributed by atoms with van der Waals surface area (Å²) in [5.74, 6) is 0. The van der Waals surface area contributed by atoms with Crippen LogP contribution < -0.4 is 5.73 Å². The molecule has 0 saturated carbocycles. The van der Waals surface area contributed by atoms with Gasteiger partial charge in [0.2, 0.25) is 10.0 Å². The Balaban J connectivity index is 2.40. The second kappa shape index (κ2) is 5.96. The van der Waals surface area contributed by atoms with Gasteiger partial charge in [-0.1, -0.05) is 6.92 Å². The number of morpholine rings is 1. The van der Waals surface area contributed by atoms with Crippen molar-refractivity contribution < 1.29 is 13.2 Å². The highest BCUT2D eigenvalue weighted by Crippen LogP contribution is 2.23. The number of nitrogens with zero attached hydrogens (tertiary/aromatic N) is 2. The first kappa shape index (κ1) is 14.4. The van der Waals surface area contributed by atoms with Crippen molar-refractivity contribution in [3.63, 3.8) is 0 Å². The maximum Gasteiger partial charge on any atom is 0.245 e. The summed E-state index contributed by atoms with van der Waals surface area (Å²) in [5.41, 5.74) is 5.98. The molecule has 7 heteroatoms. The molecule has 106 valence electrons. The van der Waals surface area contributed by atoms with Gasteiger partial charge in [-0.25, -0.2) is 8.42 Å². The molecule has 1 aliphatic heterocycles. The maximum absolute atomic E-state index is 12.7. The molecule has 1 saturated heterocycles. The van der Waals surface area contributed by atoms with Gasteiger partial charge in [0.05, 0.1) is 18.9 Å². The van der Waals surface area contributed by atoms with E-state index in [9.17, 15) is 8.42 Å². The van der Waals surface area contributed by atoms with Crippen molar-refractivity contribution in [3.05, 3.63) is 24.0 Å². The fourth-order valence-electron chi connectivity index (χ4n) is 2.22. The summed E-state index contributed by atoms with van der Waals surface area (Å²) in [7, 11) is -3.56. The van der Waals surface area contributed by atoms with Crippen LogP contribution in [0.2, 0.25) is 0 Å². The first-order valence-electron chi connectivity index (χ1n) is 6.34. The SMILES string of the molecule is CCC1COCCN1S(=O)(=O)c1cccnc1CN. The highest BCUT2D eigenvalue weighted by molar-refractivity contribution is 7.89. The van der Waals surface area contributed by atoms with Gasteiger partial charge in [-0.05, 0) is 18.6 Å². The molecule has 0 radical (unpaired) electrons. The second-order valence-corrected chi connectivity index (χ2v) is 6.26. The number of ether oxygens (including phenoxy) is 1. The summed E-state index contributed by atoms with van der Waals surface area (Å²) in [6.45, 7) is 3.30. The van der Waals surface area contributed by atoms with E-state index in [-0.39, 0.29) is 17.5 Å². The van der Waals surface area contributed by atoms with Crippen LogP contribution in [0.25, 0.3) is 0 Å². The first-order chi connectivity index (χ1) is 9.11. The zero-order valence-corrected chi connectivity index (χ0v) is 11.8. The van der Waals surface area contributed by atoms with Crippen molar-refractivity contribution in [3.8, 4) is 0 Å². The molecule has 0 aromatic carbocycles. The largest absolute Gasteiger partial charge is 0.378 e. The van der Waals surface area contributed by atoms with Crippen molar-refractivity contribution >= 4 is 10.0 Å². The van der Waals surface area contributed by atoms with Crippen LogP contribution in [0.3, 0.4) is 0 Å². The lowest BCUT2D eigenvalue weighted by Crippen LogP contribution is -2.48. The number of nitrogens with two attached hydrogens (primary N) is 1. The van der Waals surface area contributed by atoms with E-state index < -0.39 is 10.0 Å². The van der Waals surface area contributed by atoms with Crippen LogP contribution in [0.1, 0.15) is 19.0 Å². The van der Waals surface area contributed by atoms with Gasteiger partial charge in [0.15, 0.2) is 0 Å². The van der Waals surface area contributed by atoms with Crippen molar-refractivity contribution in [2.24, 2.45) is 5.73 Å². The molecule has 0 amide bonds. The molecule has 2 N–H and O–H groups in total. The molecule has 1 aliphatic rings. The molecule has 1 aromatic rings. The van der Waals surface area contributed by atoms with Crippen LogP contribution in [-0.2, 0) is 21.3 Å². The maximum atomic E-state index is 12.7. The molecule has 0 bridgehead atoms. The van der Waals surface area contributed by atoms with Crippen molar-refractivity contribution in [2.75, 3.05) is 19.8 Å². The number of sulfonamides is 1. The van der Waals surface area contributed by atoms with Gasteiger partial charge >= 0.3 is 0 Å². The molecule has 0 spiro atoms. The van der Waals surface area contributed by atoms with Crippen molar-refractivity contribution in [1.29, 1.82) is 0 Å². The Hall–Kier alpha value is -1.02. The molecule has 1 aromatic heterocycles. The average Bonchev–Trinajstić information content (AvgIpc) is 2.47. The van der Waals surface area contributed by atoms with Crippen LogP contribution in [0.4, 0.5) is 0 Å². The third-order valence-corrected chi connectivity index (χ3v) is 5.30. The molecule has 1 atom stereocenters. The molecule has 0 aliphatic carbocycles. The zero-order valence-electron chi connectivity index (χ0n) is 10.9. The normalized spacial score (nSPS) is 21.5. The number of pyridine rings is 1. The smallest absolute Gasteiger partial charge is 0.245 e. The van der Waals surface area contributed by atoms with Crippen LogP contribution >= 0.6 is 0 Å².